The van der Waals surface area contributed by atoms with Crippen LogP contribution < -0.4 is 9.47 Å². The molecule has 0 atom stereocenters. The Hall–Kier alpha value is -3.59. The van der Waals surface area contributed by atoms with Crippen molar-refractivity contribution in [2.24, 2.45) is 0 Å². The van der Waals surface area contributed by atoms with E-state index < -0.39 is 11.6 Å². The first kappa shape index (κ1) is 18.2. The van der Waals surface area contributed by atoms with Crippen LogP contribution in [0.4, 0.5) is 4.39 Å². The molecule has 0 aliphatic rings. The second kappa shape index (κ2) is 7.75. The number of Topliss-reactive ketones (excluding diaryl/α,β-unsaturated/α-hetero) is 1. The number of nitrogens with zero attached hydrogens (tertiary/aromatic N) is 1. The van der Waals surface area contributed by atoms with Crippen LogP contribution in [0.15, 0.2) is 48.2 Å². The first-order chi connectivity index (χ1) is 13.1. The third kappa shape index (κ3) is 3.67. The van der Waals surface area contributed by atoms with Gasteiger partial charge in [0.1, 0.15) is 17.5 Å². The molecule has 3 rings (SSSR count). The Kier molecular flexibility index (Phi) is 5.23. The Balaban J connectivity index is 1.98. The van der Waals surface area contributed by atoms with E-state index in [9.17, 15) is 14.4 Å². The molecule has 27 heavy (non-hydrogen) atoms. The summed E-state index contributed by atoms with van der Waals surface area (Å²) in [5.74, 6) is 0.252. The Labute approximate surface area is 155 Å². The van der Waals surface area contributed by atoms with Crippen LogP contribution >= 0.6 is 0 Å². The van der Waals surface area contributed by atoms with Gasteiger partial charge in [-0.25, -0.2) is 4.39 Å². The fourth-order valence-corrected chi connectivity index (χ4v) is 2.80. The lowest BCUT2D eigenvalue weighted by molar-refractivity contribution is 0.104. The smallest absolute Gasteiger partial charge is 0.205 e. The van der Waals surface area contributed by atoms with Gasteiger partial charge in [0.2, 0.25) is 5.78 Å². The summed E-state index contributed by atoms with van der Waals surface area (Å²) in [5, 5.41) is 10.0. The molecule has 0 saturated heterocycles. The highest BCUT2D eigenvalue weighted by molar-refractivity contribution is 6.19. The van der Waals surface area contributed by atoms with Crippen molar-refractivity contribution >= 4 is 22.8 Å². The Bertz CT molecular complexity index is 1080. The normalized spacial score (nSPS) is 11.3. The van der Waals surface area contributed by atoms with Crippen molar-refractivity contribution in [3.05, 3.63) is 65.1 Å². The number of halogens is 1. The standard InChI is InChI=1S/C21H17FN2O3/c1-3-27-19-7-4-13(9-20(19)26-2)8-14(11-23)21(25)17-12-24-18-10-15(22)5-6-16(17)18/h4-10,12,24H,3H2,1-2H3/b14-8-. The van der Waals surface area contributed by atoms with Crippen LogP contribution in [0, 0.1) is 17.1 Å². The monoisotopic (exact) mass is 364 g/mol. The average molecular weight is 364 g/mol. The van der Waals surface area contributed by atoms with Crippen LogP contribution in [-0.2, 0) is 0 Å². The van der Waals surface area contributed by atoms with Crippen LogP contribution in [0.1, 0.15) is 22.8 Å². The lowest BCUT2D eigenvalue weighted by Gasteiger charge is -2.09. The molecule has 1 aromatic heterocycles. The zero-order chi connectivity index (χ0) is 19.4. The number of allylic oxidation sites excluding steroid dienone is 1. The number of aromatic nitrogens is 1. The van der Waals surface area contributed by atoms with Gasteiger partial charge < -0.3 is 14.5 Å². The molecule has 0 unspecified atom stereocenters. The first-order valence-electron chi connectivity index (χ1n) is 8.31. The van der Waals surface area contributed by atoms with E-state index in [4.69, 9.17) is 9.47 Å². The van der Waals surface area contributed by atoms with Gasteiger partial charge in [0.05, 0.1) is 13.7 Å². The van der Waals surface area contributed by atoms with E-state index in [2.05, 4.69) is 4.98 Å². The highest BCUT2D eigenvalue weighted by atomic mass is 19.1. The first-order valence-corrected chi connectivity index (χ1v) is 8.31. The second-order valence-corrected chi connectivity index (χ2v) is 5.73. The van der Waals surface area contributed by atoms with E-state index >= 15 is 0 Å². The summed E-state index contributed by atoms with van der Waals surface area (Å²) in [4.78, 5) is 15.7. The molecule has 3 aromatic rings. The van der Waals surface area contributed by atoms with Gasteiger partial charge in [0.15, 0.2) is 11.5 Å². The van der Waals surface area contributed by atoms with E-state index in [0.29, 0.717) is 40.1 Å². The lowest BCUT2D eigenvalue weighted by Crippen LogP contribution is -2.01. The van der Waals surface area contributed by atoms with Gasteiger partial charge in [0.25, 0.3) is 0 Å². The molecular weight excluding hydrogens is 347 g/mol. The number of nitrogens with one attached hydrogen (secondary N) is 1. The van der Waals surface area contributed by atoms with Crippen molar-refractivity contribution in [1.82, 2.24) is 4.98 Å². The summed E-state index contributed by atoms with van der Waals surface area (Å²) in [7, 11) is 1.52. The zero-order valence-corrected chi connectivity index (χ0v) is 14.9. The van der Waals surface area contributed by atoms with E-state index in [1.165, 1.54) is 37.6 Å². The summed E-state index contributed by atoms with van der Waals surface area (Å²) in [6, 6.07) is 11.2. The molecule has 5 nitrogen and oxygen atoms in total. The van der Waals surface area contributed by atoms with Crippen molar-refractivity contribution in [3.63, 3.8) is 0 Å². The van der Waals surface area contributed by atoms with Crippen LogP contribution in [0.2, 0.25) is 0 Å². The van der Waals surface area contributed by atoms with Crippen molar-refractivity contribution in [2.45, 2.75) is 6.92 Å². The summed E-state index contributed by atoms with van der Waals surface area (Å²) in [6.07, 6.45) is 2.97. The summed E-state index contributed by atoms with van der Waals surface area (Å²) < 4.78 is 24.1. The van der Waals surface area contributed by atoms with Crippen LogP contribution in [0.5, 0.6) is 11.5 Å². The third-order valence-corrected chi connectivity index (χ3v) is 4.05. The zero-order valence-electron chi connectivity index (χ0n) is 14.9. The number of hydrogen-bond acceptors (Lipinski definition) is 4. The number of ether oxygens (including phenoxy) is 2. The number of methoxy groups -OCH3 is 1. The van der Waals surface area contributed by atoms with E-state index in [1.807, 2.05) is 13.0 Å². The molecule has 0 bridgehead atoms. The van der Waals surface area contributed by atoms with E-state index in [-0.39, 0.29) is 5.57 Å². The molecule has 6 heteroatoms. The number of carbonyl (C=O) groups excluding carboxylic acids is 1. The second-order valence-electron chi connectivity index (χ2n) is 5.73. The van der Waals surface area contributed by atoms with Gasteiger partial charge in [-0.3, -0.25) is 4.79 Å². The average Bonchev–Trinajstić information content (AvgIpc) is 3.09. The Morgan fingerprint density at radius 3 is 2.78 bits per heavy atom. The molecule has 0 spiro atoms. The van der Waals surface area contributed by atoms with Gasteiger partial charge >= 0.3 is 0 Å². The molecule has 2 aromatic carbocycles. The molecule has 0 aliphatic heterocycles. The highest BCUT2D eigenvalue weighted by Gasteiger charge is 2.17. The number of H-pyrrole nitrogens is 1. The van der Waals surface area contributed by atoms with Crippen molar-refractivity contribution in [3.8, 4) is 17.6 Å². The van der Waals surface area contributed by atoms with Gasteiger partial charge in [0, 0.05) is 22.7 Å². The van der Waals surface area contributed by atoms with Crippen molar-refractivity contribution in [1.29, 1.82) is 5.26 Å². The minimum absolute atomic E-state index is 0.0357. The van der Waals surface area contributed by atoms with Crippen molar-refractivity contribution in [2.75, 3.05) is 13.7 Å². The molecule has 0 amide bonds. The number of nitriles is 1. The number of aromatic amines is 1. The number of fused-ring (bicyclic) bond motifs is 1. The summed E-state index contributed by atoms with van der Waals surface area (Å²) >= 11 is 0. The molecule has 0 aliphatic carbocycles. The largest absolute Gasteiger partial charge is 0.493 e. The number of carbonyl (C=O) groups is 1. The molecular formula is C21H17FN2O3. The van der Waals surface area contributed by atoms with Crippen LogP contribution in [0.25, 0.3) is 17.0 Å². The quantitative estimate of drug-likeness (QED) is 0.397. The molecule has 136 valence electrons. The van der Waals surface area contributed by atoms with Crippen LogP contribution in [0.3, 0.4) is 0 Å². The number of hydrogen-bond donors (Lipinski definition) is 1. The number of ketones is 1. The van der Waals surface area contributed by atoms with Gasteiger partial charge in [-0.1, -0.05) is 6.07 Å². The summed E-state index contributed by atoms with van der Waals surface area (Å²) in [5.41, 5.74) is 1.41. The van der Waals surface area contributed by atoms with Gasteiger partial charge in [-0.2, -0.15) is 5.26 Å². The van der Waals surface area contributed by atoms with Crippen molar-refractivity contribution < 1.29 is 18.7 Å². The highest BCUT2D eigenvalue weighted by Crippen LogP contribution is 2.29. The summed E-state index contributed by atoms with van der Waals surface area (Å²) in [6.45, 7) is 2.36. The minimum Gasteiger partial charge on any atom is -0.493 e. The Morgan fingerprint density at radius 1 is 1.26 bits per heavy atom. The maximum atomic E-state index is 13.3. The SMILES string of the molecule is CCOc1ccc(/C=C(/C#N)C(=O)c2c[nH]c3cc(F)ccc23)cc1OC. The number of benzene rings is 2. The van der Waals surface area contributed by atoms with E-state index in [0.717, 1.165) is 0 Å². The predicted octanol–water partition coefficient (Wildman–Crippen LogP) is 4.50. The maximum Gasteiger partial charge on any atom is 0.205 e. The van der Waals surface area contributed by atoms with Crippen LogP contribution in [-0.4, -0.2) is 24.5 Å². The Morgan fingerprint density at radius 2 is 2.07 bits per heavy atom. The third-order valence-electron chi connectivity index (χ3n) is 4.05. The topological polar surface area (TPSA) is 75.1 Å². The molecule has 0 fully saturated rings. The molecule has 1 heterocycles. The maximum absolute atomic E-state index is 13.3. The fraction of sp³-hybridized carbons (Fsp3) is 0.143. The van der Waals surface area contributed by atoms with E-state index in [1.54, 1.807) is 18.2 Å². The fourth-order valence-electron chi connectivity index (χ4n) is 2.80. The lowest BCUT2D eigenvalue weighted by atomic mass is 10.0. The van der Waals surface area contributed by atoms with Gasteiger partial charge in [-0.05, 0) is 48.9 Å². The molecule has 1 N–H and O–H groups in total. The molecule has 0 saturated carbocycles. The predicted molar refractivity (Wildman–Crippen MR) is 100 cm³/mol. The molecule has 0 radical (unpaired) electrons. The number of rotatable bonds is 6. The van der Waals surface area contributed by atoms with Gasteiger partial charge in [-0.15, -0.1) is 0 Å². The minimum atomic E-state index is -0.441.